The first kappa shape index (κ1) is 21.8. The van der Waals surface area contributed by atoms with Gasteiger partial charge >= 0.3 is 5.82 Å². The lowest BCUT2D eigenvalue weighted by molar-refractivity contribution is -1.03. The second-order valence-corrected chi connectivity index (χ2v) is 12.5. The Balaban J connectivity index is 1.50. The number of hydrogen-bond donors (Lipinski definition) is 0. The van der Waals surface area contributed by atoms with Crippen molar-refractivity contribution in [1.82, 2.24) is 4.70 Å². The lowest BCUT2D eigenvalue weighted by Gasteiger charge is -2.34. The molecule has 7 aromatic rings. The number of rotatable bonds is 1. The third-order valence-electron chi connectivity index (χ3n) is 9.34. The lowest BCUT2D eigenvalue weighted by atomic mass is 9.87. The zero-order valence-electron chi connectivity index (χ0n) is 23.1. The molecule has 0 fully saturated rings. The highest BCUT2D eigenvalue weighted by molar-refractivity contribution is 6.30. The lowest BCUT2D eigenvalue weighted by Crippen LogP contribution is -2.84. The van der Waals surface area contributed by atoms with E-state index < -0.39 is 0 Å². The summed E-state index contributed by atoms with van der Waals surface area (Å²) < 4.78 is 11.9. The van der Waals surface area contributed by atoms with Crippen LogP contribution in [0.4, 0.5) is 28.6 Å². The Morgan fingerprint density at radius 3 is 2.32 bits per heavy atom. The average molecular weight is 532 g/mol. The molecular formula is C36H27N4O+3. The van der Waals surface area contributed by atoms with Gasteiger partial charge in [0.25, 0.3) is 17.1 Å². The fraction of sp³-hybridized carbons (Fsp3) is 0.111. The standard InChI is InChI=1S/C36H27N4O/c1-36(2,3)23-18-20-37-27(21-23)25-14-17-29-33-32-28(41-29)16-13-22-12-15-26-35(31(22)32)40(37,34(25)33)38-19-8-7-11-30(38)39(26)24-9-5-4-6-10-24/h4-21H,1-3H3/q+3. The third-order valence-corrected chi connectivity index (χ3v) is 9.34. The molecule has 0 amide bonds. The van der Waals surface area contributed by atoms with Crippen LogP contribution < -0.4 is 19.0 Å². The summed E-state index contributed by atoms with van der Waals surface area (Å²) >= 11 is 0. The van der Waals surface area contributed by atoms with E-state index in [0.717, 1.165) is 22.7 Å². The van der Waals surface area contributed by atoms with Crippen molar-refractivity contribution >= 4 is 61.3 Å². The molecule has 0 saturated carbocycles. The molecule has 3 aromatic heterocycles. The third kappa shape index (κ3) is 2.33. The Hall–Kier alpha value is -5.00. The van der Waals surface area contributed by atoms with Crippen molar-refractivity contribution in [3.8, 4) is 11.3 Å². The number of pyridine rings is 2. The van der Waals surface area contributed by atoms with Gasteiger partial charge in [0.15, 0.2) is 6.20 Å². The second kappa shape index (κ2) is 6.82. The number of anilines is 3. The van der Waals surface area contributed by atoms with E-state index in [0.29, 0.717) is 4.70 Å². The molecule has 1 unspecified atom stereocenters. The van der Waals surface area contributed by atoms with Crippen molar-refractivity contribution in [2.45, 2.75) is 26.2 Å². The van der Waals surface area contributed by atoms with E-state index in [2.05, 4.69) is 144 Å². The van der Waals surface area contributed by atoms with Gasteiger partial charge in [-0.3, -0.25) is 0 Å². The first-order valence-corrected chi connectivity index (χ1v) is 14.3. The van der Waals surface area contributed by atoms with Crippen LogP contribution in [0.3, 0.4) is 0 Å². The monoisotopic (exact) mass is 531 g/mol. The highest BCUT2D eigenvalue weighted by Gasteiger charge is 2.69. The Bertz CT molecular complexity index is 2310. The Morgan fingerprint density at radius 2 is 1.46 bits per heavy atom. The van der Waals surface area contributed by atoms with Gasteiger partial charge in [-0.1, -0.05) is 51.1 Å². The molecule has 3 aliphatic heterocycles. The number of aromatic nitrogens is 2. The van der Waals surface area contributed by atoms with Crippen molar-refractivity contribution in [3.63, 3.8) is 0 Å². The largest absolute Gasteiger partial charge is 0.456 e. The van der Waals surface area contributed by atoms with E-state index in [9.17, 15) is 0 Å². The van der Waals surface area contributed by atoms with Crippen LogP contribution in [0, 0.1) is 0 Å². The average Bonchev–Trinajstić information content (AvgIpc) is 3.51. The van der Waals surface area contributed by atoms with E-state index in [1.54, 1.807) is 0 Å². The molecule has 1 spiro atoms. The van der Waals surface area contributed by atoms with Gasteiger partial charge in [0.05, 0.1) is 5.39 Å². The summed E-state index contributed by atoms with van der Waals surface area (Å²) in [4.78, 5) is 2.41. The van der Waals surface area contributed by atoms with Crippen LogP contribution in [0.1, 0.15) is 26.3 Å². The number of quaternary nitrogens is 1. The highest BCUT2D eigenvalue weighted by Crippen LogP contribution is 2.61. The van der Waals surface area contributed by atoms with Gasteiger partial charge in [-0.2, -0.15) is 4.90 Å². The topological polar surface area (TPSA) is 24.1 Å². The van der Waals surface area contributed by atoms with Crippen molar-refractivity contribution in [3.05, 3.63) is 115 Å². The van der Waals surface area contributed by atoms with Crippen molar-refractivity contribution < 1.29 is 13.8 Å². The number of nitrogens with zero attached hydrogens (tertiary/aromatic N) is 4. The fourth-order valence-corrected chi connectivity index (χ4v) is 7.63. The molecule has 5 heteroatoms. The van der Waals surface area contributed by atoms with Crippen LogP contribution in [0.25, 0.3) is 44.0 Å². The summed E-state index contributed by atoms with van der Waals surface area (Å²) in [7, 11) is 0. The van der Waals surface area contributed by atoms with Gasteiger partial charge in [-0.05, 0) is 64.9 Å². The second-order valence-electron chi connectivity index (χ2n) is 12.5. The van der Waals surface area contributed by atoms with Gasteiger partial charge in [0.2, 0.25) is 11.9 Å². The summed E-state index contributed by atoms with van der Waals surface area (Å²) in [6, 6.07) is 35.3. The van der Waals surface area contributed by atoms with Gasteiger partial charge in [-0.25, -0.2) is 0 Å². The molecule has 1 atom stereocenters. The maximum absolute atomic E-state index is 6.59. The summed E-state index contributed by atoms with van der Waals surface area (Å²) in [6.45, 7) is 6.87. The van der Waals surface area contributed by atoms with Crippen LogP contribution in [0.2, 0.25) is 0 Å². The first-order chi connectivity index (χ1) is 20.0. The maximum atomic E-state index is 6.59. The zero-order chi connectivity index (χ0) is 27.2. The van der Waals surface area contributed by atoms with E-state index in [1.165, 1.54) is 55.4 Å². The van der Waals surface area contributed by atoms with Crippen molar-refractivity contribution in [1.29, 1.82) is 0 Å². The van der Waals surface area contributed by atoms with Crippen LogP contribution in [-0.2, 0) is 5.41 Å². The van der Waals surface area contributed by atoms with Crippen LogP contribution >= 0.6 is 0 Å². The van der Waals surface area contributed by atoms with E-state index in [1.807, 2.05) is 0 Å². The van der Waals surface area contributed by atoms with E-state index in [-0.39, 0.29) is 5.41 Å². The minimum Gasteiger partial charge on any atom is -0.456 e. The van der Waals surface area contributed by atoms with Crippen molar-refractivity contribution in [2.24, 2.45) is 0 Å². The molecule has 3 aliphatic rings. The molecule has 0 aliphatic carbocycles. The number of furan rings is 1. The molecule has 6 heterocycles. The van der Waals surface area contributed by atoms with Gasteiger partial charge in [0.1, 0.15) is 32.5 Å². The zero-order valence-corrected chi connectivity index (χ0v) is 23.1. The fourth-order valence-electron chi connectivity index (χ4n) is 7.63. The normalized spacial score (nSPS) is 17.7. The first-order valence-electron chi connectivity index (χ1n) is 14.3. The van der Waals surface area contributed by atoms with Gasteiger partial charge in [0, 0.05) is 32.9 Å². The molecule has 0 radical (unpaired) electrons. The predicted molar refractivity (Wildman–Crippen MR) is 163 cm³/mol. The van der Waals surface area contributed by atoms with Gasteiger partial charge < -0.3 is 4.42 Å². The molecule has 5 nitrogen and oxygen atoms in total. The Morgan fingerprint density at radius 1 is 0.683 bits per heavy atom. The van der Waals surface area contributed by atoms with E-state index in [4.69, 9.17) is 4.42 Å². The summed E-state index contributed by atoms with van der Waals surface area (Å²) in [5.41, 5.74) is 10.5. The number of hydrogen-bond acceptors (Lipinski definition) is 2. The molecule has 0 saturated heterocycles. The number of fused-ring (bicyclic) bond motifs is 3. The minimum absolute atomic E-state index is 0.0293. The number of para-hydroxylation sites is 1. The molecule has 41 heavy (non-hydrogen) atoms. The highest BCUT2D eigenvalue weighted by atomic mass is 16.3. The quantitative estimate of drug-likeness (QED) is 0.157. The molecule has 0 N–H and O–H groups in total. The number of benzene rings is 4. The van der Waals surface area contributed by atoms with Gasteiger partial charge in [-0.15, -0.1) is 0 Å². The SMILES string of the molecule is CC(C)(C)c1cc[n+]2c(c1)-c1ccc3oc4ccc5ccc6c7c5c4c3c1[N+]72[n+]1ccccc1N6c1ccccc1. The summed E-state index contributed by atoms with van der Waals surface area (Å²) in [5.74, 6) is 1.10. The molecule has 4 aromatic carbocycles. The minimum atomic E-state index is 0.0293. The molecule has 194 valence electrons. The maximum Gasteiger partial charge on any atom is 0.344 e. The smallest absolute Gasteiger partial charge is 0.344 e. The van der Waals surface area contributed by atoms with Crippen LogP contribution in [0.5, 0.6) is 0 Å². The predicted octanol–water partition coefficient (Wildman–Crippen LogP) is 8.25. The van der Waals surface area contributed by atoms with E-state index >= 15 is 0 Å². The summed E-state index contributed by atoms with van der Waals surface area (Å²) in [5, 5.41) is 4.91. The summed E-state index contributed by atoms with van der Waals surface area (Å²) in [6.07, 6.45) is 4.54. The molecule has 0 bridgehead atoms. The molecule has 10 rings (SSSR count). The van der Waals surface area contributed by atoms with Crippen LogP contribution in [0.15, 0.2) is 114 Å². The molecular weight excluding hydrogens is 504 g/mol. The van der Waals surface area contributed by atoms with Crippen molar-refractivity contribution in [2.75, 3.05) is 4.90 Å². The van der Waals surface area contributed by atoms with Crippen LogP contribution in [-0.4, -0.2) is 0 Å². The Labute approximate surface area is 236 Å². The Kier molecular flexibility index (Phi) is 3.62.